The zero-order valence-electron chi connectivity index (χ0n) is 18.3. The third kappa shape index (κ3) is 9.71. The van der Waals surface area contributed by atoms with E-state index in [2.05, 4.69) is 10.6 Å². The average molecular weight is 459 g/mol. The van der Waals surface area contributed by atoms with Gasteiger partial charge in [-0.05, 0) is 42.6 Å². The maximum atomic E-state index is 12.6. The fourth-order valence-corrected chi connectivity index (χ4v) is 3.24. The molecule has 0 bridgehead atoms. The molecule has 33 heavy (non-hydrogen) atoms. The number of aryl methyl sites for hydroxylation is 1. The van der Waals surface area contributed by atoms with E-state index in [1.165, 1.54) is 0 Å². The lowest BCUT2D eigenvalue weighted by Crippen LogP contribution is -2.51. The number of aliphatic hydroxyl groups is 1. The molecule has 2 aromatic rings. The Morgan fingerprint density at radius 1 is 0.909 bits per heavy atom. The lowest BCUT2D eigenvalue weighted by Gasteiger charge is -2.20. The Bertz CT molecular complexity index is 887. The number of carboxylic acid groups (broad SMARTS) is 2. The molecule has 9 heteroatoms. The van der Waals surface area contributed by atoms with Crippen molar-refractivity contribution in [2.45, 2.75) is 37.8 Å². The van der Waals surface area contributed by atoms with E-state index in [0.29, 0.717) is 25.1 Å². The summed E-state index contributed by atoms with van der Waals surface area (Å²) in [5, 5.41) is 32.8. The largest absolute Gasteiger partial charge is 0.491 e. The van der Waals surface area contributed by atoms with Gasteiger partial charge in [0.2, 0.25) is 5.91 Å². The van der Waals surface area contributed by atoms with Gasteiger partial charge in [-0.15, -0.1) is 0 Å². The number of aliphatic carboxylic acids is 2. The van der Waals surface area contributed by atoms with Crippen molar-refractivity contribution in [3.8, 4) is 5.75 Å². The zero-order valence-corrected chi connectivity index (χ0v) is 18.3. The highest BCUT2D eigenvalue weighted by molar-refractivity contribution is 5.89. The van der Waals surface area contributed by atoms with Gasteiger partial charge in [0.05, 0.1) is 19.1 Å². The fourth-order valence-electron chi connectivity index (χ4n) is 3.24. The minimum atomic E-state index is -1.19. The van der Waals surface area contributed by atoms with Gasteiger partial charge in [0.25, 0.3) is 0 Å². The third-order valence-electron chi connectivity index (χ3n) is 4.91. The van der Waals surface area contributed by atoms with E-state index in [9.17, 15) is 19.5 Å². The molecule has 5 N–H and O–H groups in total. The topological polar surface area (TPSA) is 145 Å². The first-order chi connectivity index (χ1) is 15.9. The van der Waals surface area contributed by atoms with Crippen molar-refractivity contribution in [1.29, 1.82) is 0 Å². The second kappa shape index (κ2) is 13.9. The number of benzene rings is 2. The van der Waals surface area contributed by atoms with Gasteiger partial charge >= 0.3 is 11.9 Å². The maximum absolute atomic E-state index is 12.6. The molecule has 0 fully saturated rings. The van der Waals surface area contributed by atoms with Gasteiger partial charge in [0.1, 0.15) is 18.4 Å². The van der Waals surface area contributed by atoms with Crippen LogP contribution in [0.15, 0.2) is 54.6 Å². The van der Waals surface area contributed by atoms with Gasteiger partial charge in [-0.1, -0.05) is 42.5 Å². The lowest BCUT2D eigenvalue weighted by atomic mass is 10.0. The number of ether oxygens (including phenoxy) is 1. The van der Waals surface area contributed by atoms with Crippen molar-refractivity contribution in [2.24, 2.45) is 0 Å². The summed E-state index contributed by atoms with van der Waals surface area (Å²) in [6.07, 6.45) is 0.979. The van der Waals surface area contributed by atoms with Gasteiger partial charge in [-0.25, -0.2) is 4.79 Å². The van der Waals surface area contributed by atoms with Gasteiger partial charge < -0.3 is 30.7 Å². The summed E-state index contributed by atoms with van der Waals surface area (Å²) in [4.78, 5) is 35.5. The summed E-state index contributed by atoms with van der Waals surface area (Å²) in [6.45, 7) is 0.549. The Kier molecular flexibility index (Phi) is 10.9. The second-order valence-corrected chi connectivity index (χ2v) is 7.51. The van der Waals surface area contributed by atoms with Crippen LogP contribution in [0.25, 0.3) is 0 Å². The van der Waals surface area contributed by atoms with Crippen LogP contribution in [0, 0.1) is 0 Å². The Hall–Kier alpha value is -3.43. The van der Waals surface area contributed by atoms with Crippen LogP contribution in [0.1, 0.15) is 24.0 Å². The van der Waals surface area contributed by atoms with Crippen LogP contribution in [0.4, 0.5) is 0 Å². The average Bonchev–Trinajstić information content (AvgIpc) is 2.80. The highest BCUT2D eigenvalue weighted by atomic mass is 16.5. The maximum Gasteiger partial charge on any atom is 0.326 e. The molecule has 0 aliphatic heterocycles. The summed E-state index contributed by atoms with van der Waals surface area (Å²) in [6, 6.07) is 14.1. The standard InChI is InChI=1S/C24H30N2O7/c27-13-14-33-19-10-8-17(9-11-19)7-4-12-25-20(16-22(28)29)23(30)26-21(24(31)32)15-18-5-2-1-3-6-18/h1-3,5-6,8-11,20-21,25,27H,4,7,12-16H2,(H,26,30)(H,28,29)(H,31,32)/t20-,21-/m0/s1. The molecule has 0 aliphatic carbocycles. The van der Waals surface area contributed by atoms with Crippen LogP contribution in [-0.4, -0.2) is 65.0 Å². The van der Waals surface area contributed by atoms with Crippen molar-refractivity contribution in [2.75, 3.05) is 19.8 Å². The molecule has 0 saturated heterocycles. The molecule has 0 aliphatic rings. The number of carbonyl (C=O) groups excluding carboxylic acids is 1. The monoisotopic (exact) mass is 458 g/mol. The van der Waals surface area contributed by atoms with Crippen molar-refractivity contribution in [1.82, 2.24) is 10.6 Å². The summed E-state index contributed by atoms with van der Waals surface area (Å²) < 4.78 is 5.31. The molecule has 9 nitrogen and oxygen atoms in total. The van der Waals surface area contributed by atoms with E-state index in [0.717, 1.165) is 11.1 Å². The molecule has 0 unspecified atom stereocenters. The number of hydrogen-bond acceptors (Lipinski definition) is 6. The molecule has 0 heterocycles. The lowest BCUT2D eigenvalue weighted by molar-refractivity contribution is -0.143. The zero-order chi connectivity index (χ0) is 24.1. The molecule has 2 atom stereocenters. The number of carbonyl (C=O) groups is 3. The second-order valence-electron chi connectivity index (χ2n) is 7.51. The SMILES string of the molecule is O=C(O)C[C@H](NCCCc1ccc(OCCO)cc1)C(=O)N[C@@H](Cc1ccccc1)C(=O)O. The molecule has 1 amide bonds. The molecule has 178 valence electrons. The first kappa shape index (κ1) is 25.8. The minimum Gasteiger partial charge on any atom is -0.491 e. The Labute approximate surface area is 192 Å². The quantitative estimate of drug-likeness (QED) is 0.251. The smallest absolute Gasteiger partial charge is 0.326 e. The van der Waals surface area contributed by atoms with Crippen molar-refractivity contribution in [3.63, 3.8) is 0 Å². The summed E-state index contributed by atoms with van der Waals surface area (Å²) >= 11 is 0. The van der Waals surface area contributed by atoms with Crippen LogP contribution in [0.2, 0.25) is 0 Å². The summed E-state index contributed by atoms with van der Waals surface area (Å²) in [5.74, 6) is -2.34. The number of amides is 1. The number of carboxylic acids is 2. The first-order valence-electron chi connectivity index (χ1n) is 10.7. The predicted molar refractivity (Wildman–Crippen MR) is 121 cm³/mol. The third-order valence-corrected chi connectivity index (χ3v) is 4.91. The highest BCUT2D eigenvalue weighted by Crippen LogP contribution is 2.13. The highest BCUT2D eigenvalue weighted by Gasteiger charge is 2.26. The van der Waals surface area contributed by atoms with Crippen LogP contribution in [0.5, 0.6) is 5.75 Å². The number of nitrogens with one attached hydrogen (secondary N) is 2. The van der Waals surface area contributed by atoms with E-state index < -0.39 is 36.4 Å². The Morgan fingerprint density at radius 2 is 1.61 bits per heavy atom. The van der Waals surface area contributed by atoms with E-state index in [4.69, 9.17) is 14.9 Å². The Balaban J connectivity index is 1.87. The summed E-state index contributed by atoms with van der Waals surface area (Å²) in [5.41, 5.74) is 1.79. The number of hydrogen-bond donors (Lipinski definition) is 5. The molecule has 2 rings (SSSR count). The molecular weight excluding hydrogens is 428 g/mol. The van der Waals surface area contributed by atoms with Crippen molar-refractivity contribution < 1.29 is 34.4 Å². The molecule has 0 saturated carbocycles. The van der Waals surface area contributed by atoms with E-state index in [-0.39, 0.29) is 19.6 Å². The molecular formula is C24H30N2O7. The molecule has 0 aromatic heterocycles. The van der Waals surface area contributed by atoms with Crippen LogP contribution in [0.3, 0.4) is 0 Å². The van der Waals surface area contributed by atoms with Gasteiger partial charge in [-0.3, -0.25) is 9.59 Å². The molecule has 0 spiro atoms. The minimum absolute atomic E-state index is 0.0576. The van der Waals surface area contributed by atoms with Crippen molar-refractivity contribution >= 4 is 17.8 Å². The van der Waals surface area contributed by atoms with Gasteiger partial charge in [-0.2, -0.15) is 0 Å². The first-order valence-corrected chi connectivity index (χ1v) is 10.7. The molecule has 0 radical (unpaired) electrons. The Morgan fingerprint density at radius 3 is 2.21 bits per heavy atom. The predicted octanol–water partition coefficient (Wildman–Crippen LogP) is 1.24. The van der Waals surface area contributed by atoms with Crippen molar-refractivity contribution in [3.05, 3.63) is 65.7 Å². The molecule has 2 aromatic carbocycles. The normalized spacial score (nSPS) is 12.5. The van der Waals surface area contributed by atoms with Gasteiger partial charge in [0.15, 0.2) is 0 Å². The van der Waals surface area contributed by atoms with Crippen LogP contribution < -0.4 is 15.4 Å². The van der Waals surface area contributed by atoms with Gasteiger partial charge in [0, 0.05) is 6.42 Å². The summed E-state index contributed by atoms with van der Waals surface area (Å²) in [7, 11) is 0. The van der Waals surface area contributed by atoms with E-state index in [1.54, 1.807) is 36.4 Å². The van der Waals surface area contributed by atoms with Crippen LogP contribution >= 0.6 is 0 Å². The number of aliphatic hydroxyl groups excluding tert-OH is 1. The van der Waals surface area contributed by atoms with Crippen LogP contribution in [-0.2, 0) is 27.2 Å². The van der Waals surface area contributed by atoms with E-state index in [1.807, 2.05) is 18.2 Å². The fraction of sp³-hybridized carbons (Fsp3) is 0.375. The van der Waals surface area contributed by atoms with E-state index >= 15 is 0 Å². The number of rotatable bonds is 15.